The van der Waals surface area contributed by atoms with E-state index < -0.39 is 39.2 Å². The maximum absolute atomic E-state index is 12.9. The molecule has 0 aromatic heterocycles. The van der Waals surface area contributed by atoms with Gasteiger partial charge in [0.25, 0.3) is 0 Å². The number of hydrogen-bond donors (Lipinski definition) is 1. The molecule has 2 rings (SSSR count). The average molecular weight is 421 g/mol. The van der Waals surface area contributed by atoms with E-state index in [4.69, 9.17) is 11.6 Å². The summed E-state index contributed by atoms with van der Waals surface area (Å²) < 4.78 is 64.0. The lowest BCUT2D eigenvalue weighted by atomic mass is 10.2. The normalized spacial score (nSPS) is 12.2. The molecule has 0 saturated carbocycles. The largest absolute Gasteiger partial charge is 0.417 e. The molecule has 27 heavy (non-hydrogen) atoms. The molecule has 1 amide bonds. The van der Waals surface area contributed by atoms with Gasteiger partial charge in [-0.05, 0) is 23.8 Å². The number of amides is 1. The van der Waals surface area contributed by atoms with Gasteiger partial charge in [-0.2, -0.15) is 17.5 Å². The van der Waals surface area contributed by atoms with E-state index in [-0.39, 0.29) is 11.4 Å². The van der Waals surface area contributed by atoms with E-state index in [9.17, 15) is 26.4 Å². The lowest BCUT2D eigenvalue weighted by molar-refractivity contribution is -0.137. The fraction of sp³-hybridized carbons (Fsp3) is 0.235. The average Bonchev–Trinajstić information content (AvgIpc) is 2.56. The first-order valence-corrected chi connectivity index (χ1v) is 9.62. The molecule has 146 valence electrons. The molecular weight excluding hydrogens is 405 g/mol. The van der Waals surface area contributed by atoms with Gasteiger partial charge >= 0.3 is 6.18 Å². The van der Waals surface area contributed by atoms with Crippen molar-refractivity contribution >= 4 is 33.2 Å². The molecule has 0 radical (unpaired) electrons. The predicted octanol–water partition coefficient (Wildman–Crippen LogP) is 3.76. The second-order valence-corrected chi connectivity index (χ2v) is 8.22. The van der Waals surface area contributed by atoms with Gasteiger partial charge in [-0.3, -0.25) is 4.79 Å². The lowest BCUT2D eigenvalue weighted by Crippen LogP contribution is -2.35. The van der Waals surface area contributed by atoms with Crippen LogP contribution in [0.1, 0.15) is 11.1 Å². The van der Waals surface area contributed by atoms with E-state index in [2.05, 4.69) is 5.32 Å². The van der Waals surface area contributed by atoms with E-state index >= 15 is 0 Å². The van der Waals surface area contributed by atoms with Crippen molar-refractivity contribution in [1.82, 2.24) is 4.31 Å². The summed E-state index contributed by atoms with van der Waals surface area (Å²) in [5.41, 5.74) is -0.671. The summed E-state index contributed by atoms with van der Waals surface area (Å²) in [7, 11) is -2.54. The third kappa shape index (κ3) is 5.95. The van der Waals surface area contributed by atoms with Crippen molar-refractivity contribution in [3.8, 4) is 0 Å². The highest BCUT2D eigenvalue weighted by Gasteiger charge is 2.33. The van der Waals surface area contributed by atoms with E-state index in [0.717, 1.165) is 10.4 Å². The number of carbonyl (C=O) groups excluding carboxylic acids is 1. The monoisotopic (exact) mass is 420 g/mol. The molecule has 2 aromatic rings. The highest BCUT2D eigenvalue weighted by atomic mass is 35.5. The smallest absolute Gasteiger partial charge is 0.325 e. The first-order valence-electron chi connectivity index (χ1n) is 7.63. The minimum Gasteiger partial charge on any atom is -0.325 e. The van der Waals surface area contributed by atoms with Gasteiger partial charge in [0.15, 0.2) is 0 Å². The van der Waals surface area contributed by atoms with Gasteiger partial charge in [0.1, 0.15) is 0 Å². The van der Waals surface area contributed by atoms with E-state index in [1.165, 1.54) is 13.1 Å². The van der Waals surface area contributed by atoms with Crippen molar-refractivity contribution < 1.29 is 26.4 Å². The molecule has 0 fully saturated rings. The summed E-state index contributed by atoms with van der Waals surface area (Å²) in [5, 5.41) is 1.75. The molecule has 0 heterocycles. The van der Waals surface area contributed by atoms with Crippen LogP contribution < -0.4 is 5.32 Å². The van der Waals surface area contributed by atoms with Crippen LogP contribution in [-0.2, 0) is 26.7 Å². The number of halogens is 4. The Morgan fingerprint density at radius 1 is 1.15 bits per heavy atom. The molecule has 2 aromatic carbocycles. The van der Waals surface area contributed by atoms with Gasteiger partial charge < -0.3 is 5.32 Å². The number of hydrogen-bond acceptors (Lipinski definition) is 3. The van der Waals surface area contributed by atoms with Gasteiger partial charge in [0.2, 0.25) is 15.9 Å². The zero-order valence-electron chi connectivity index (χ0n) is 14.1. The molecule has 0 bridgehead atoms. The Kier molecular flexibility index (Phi) is 6.50. The first kappa shape index (κ1) is 21.2. The van der Waals surface area contributed by atoms with Gasteiger partial charge in [-0.1, -0.05) is 41.9 Å². The Labute approximate surface area is 159 Å². The number of nitrogens with zero attached hydrogens (tertiary/aromatic N) is 1. The molecule has 0 unspecified atom stereocenters. The zero-order valence-corrected chi connectivity index (χ0v) is 15.7. The van der Waals surface area contributed by atoms with Crippen molar-refractivity contribution in [1.29, 1.82) is 0 Å². The number of benzene rings is 2. The summed E-state index contributed by atoms with van der Waals surface area (Å²) in [6.07, 6.45) is -4.67. The van der Waals surface area contributed by atoms with Crippen LogP contribution in [0.2, 0.25) is 5.02 Å². The molecule has 1 N–H and O–H groups in total. The summed E-state index contributed by atoms with van der Waals surface area (Å²) in [4.78, 5) is 12.0. The maximum atomic E-state index is 12.9. The number of alkyl halides is 3. The van der Waals surface area contributed by atoms with Crippen LogP contribution >= 0.6 is 11.6 Å². The van der Waals surface area contributed by atoms with Gasteiger partial charge in [0.05, 0.1) is 22.9 Å². The third-order valence-corrected chi connectivity index (χ3v) is 5.70. The SMILES string of the molecule is CN(CC(=O)Nc1ccc(Cl)c(C(F)(F)F)c1)S(=O)(=O)Cc1ccccc1. The minimum absolute atomic E-state index is 0.134. The summed E-state index contributed by atoms with van der Waals surface area (Å²) in [6.45, 7) is -0.543. The number of carbonyl (C=O) groups is 1. The number of nitrogens with one attached hydrogen (secondary N) is 1. The van der Waals surface area contributed by atoms with E-state index in [1.54, 1.807) is 30.3 Å². The van der Waals surface area contributed by atoms with Gasteiger partial charge in [0, 0.05) is 12.7 Å². The molecular formula is C17H16ClF3N2O3S. The van der Waals surface area contributed by atoms with E-state index in [1.807, 2.05) is 0 Å². The second kappa shape index (κ2) is 8.28. The van der Waals surface area contributed by atoms with Crippen LogP contribution in [0.15, 0.2) is 48.5 Å². The van der Waals surface area contributed by atoms with Crippen molar-refractivity contribution in [3.05, 3.63) is 64.7 Å². The Morgan fingerprint density at radius 2 is 1.78 bits per heavy atom. The van der Waals surface area contributed by atoms with Crippen molar-refractivity contribution in [2.75, 3.05) is 18.9 Å². The number of anilines is 1. The Hall–Kier alpha value is -2.10. The van der Waals surface area contributed by atoms with Crippen LogP contribution in [0.5, 0.6) is 0 Å². The zero-order chi connectivity index (χ0) is 20.2. The van der Waals surface area contributed by atoms with Gasteiger partial charge in [-0.15, -0.1) is 0 Å². The first-order chi connectivity index (χ1) is 12.5. The van der Waals surface area contributed by atoms with Crippen LogP contribution in [0.25, 0.3) is 0 Å². The molecule has 0 aliphatic carbocycles. The molecule has 5 nitrogen and oxygen atoms in total. The molecule has 0 saturated heterocycles. The Balaban J connectivity index is 2.05. The standard InChI is InChI=1S/C17H16ClF3N2O3S/c1-23(27(25,26)11-12-5-3-2-4-6-12)10-16(24)22-13-7-8-15(18)14(9-13)17(19,20)21/h2-9H,10-11H2,1H3,(H,22,24). The summed E-state index contributed by atoms with van der Waals surface area (Å²) >= 11 is 5.52. The Bertz CT molecular complexity index is 919. The molecule has 0 atom stereocenters. The third-order valence-electron chi connectivity index (χ3n) is 3.59. The maximum Gasteiger partial charge on any atom is 0.417 e. The summed E-state index contributed by atoms with van der Waals surface area (Å²) in [6, 6.07) is 11.3. The fourth-order valence-electron chi connectivity index (χ4n) is 2.22. The van der Waals surface area contributed by atoms with Crippen LogP contribution in [0, 0.1) is 0 Å². The highest BCUT2D eigenvalue weighted by Crippen LogP contribution is 2.36. The predicted molar refractivity (Wildman–Crippen MR) is 96.8 cm³/mol. The Morgan fingerprint density at radius 3 is 2.37 bits per heavy atom. The molecule has 0 spiro atoms. The summed E-state index contributed by atoms with van der Waals surface area (Å²) in [5.74, 6) is -1.07. The topological polar surface area (TPSA) is 66.5 Å². The molecule has 0 aliphatic heterocycles. The molecule has 10 heteroatoms. The van der Waals surface area contributed by atoms with Gasteiger partial charge in [-0.25, -0.2) is 8.42 Å². The number of rotatable bonds is 6. The quantitative estimate of drug-likeness (QED) is 0.773. The van der Waals surface area contributed by atoms with Crippen molar-refractivity contribution in [2.45, 2.75) is 11.9 Å². The number of likely N-dealkylation sites (N-methyl/N-ethyl adjacent to an activating group) is 1. The van der Waals surface area contributed by atoms with Crippen LogP contribution in [0.4, 0.5) is 18.9 Å². The fourth-order valence-corrected chi connectivity index (χ4v) is 3.59. The highest BCUT2D eigenvalue weighted by molar-refractivity contribution is 7.88. The lowest BCUT2D eigenvalue weighted by Gasteiger charge is -2.17. The van der Waals surface area contributed by atoms with Crippen molar-refractivity contribution in [3.63, 3.8) is 0 Å². The van der Waals surface area contributed by atoms with Crippen molar-refractivity contribution in [2.24, 2.45) is 0 Å². The molecule has 0 aliphatic rings. The second-order valence-electron chi connectivity index (χ2n) is 5.74. The van der Waals surface area contributed by atoms with Crippen LogP contribution in [0.3, 0.4) is 0 Å². The number of sulfonamides is 1. The minimum atomic E-state index is -4.67. The van der Waals surface area contributed by atoms with Crippen LogP contribution in [-0.4, -0.2) is 32.2 Å². The van der Waals surface area contributed by atoms with E-state index in [0.29, 0.717) is 11.6 Å².